The van der Waals surface area contributed by atoms with E-state index in [1.807, 2.05) is 5.06 Å². The van der Waals surface area contributed by atoms with E-state index in [0.29, 0.717) is 19.3 Å². The molecule has 1 aliphatic heterocycles. The summed E-state index contributed by atoms with van der Waals surface area (Å²) in [4.78, 5) is 32.4. The monoisotopic (exact) mass is 300 g/mol. The van der Waals surface area contributed by atoms with Crippen molar-refractivity contribution >= 4 is 11.9 Å². The summed E-state index contributed by atoms with van der Waals surface area (Å²) in [6, 6.07) is 0. The molecule has 6 heteroatoms. The largest absolute Gasteiger partial charge is 0.373 e. The molecule has 1 rings (SSSR count). The molecule has 1 aliphatic rings. The minimum Gasteiger partial charge on any atom is -0.373 e. The fourth-order valence-electron chi connectivity index (χ4n) is 2.51. The smallest absolute Gasteiger partial charge is 0.325 e. The maximum absolute atomic E-state index is 11.9. The number of unbranched alkanes of at least 4 members (excludes halogenated alkanes) is 1. The Morgan fingerprint density at radius 2 is 1.67 bits per heavy atom. The van der Waals surface area contributed by atoms with E-state index < -0.39 is 5.97 Å². The Labute approximate surface area is 126 Å². The Morgan fingerprint density at radius 1 is 1.10 bits per heavy atom. The van der Waals surface area contributed by atoms with Crippen LogP contribution in [0.3, 0.4) is 0 Å². The van der Waals surface area contributed by atoms with Crippen LogP contribution in [0, 0.1) is 5.41 Å². The molecular formula is C15H28N2O4. The fraction of sp³-hybridized carbons (Fsp3) is 0.867. The van der Waals surface area contributed by atoms with Gasteiger partial charge in [-0.3, -0.25) is 9.59 Å². The van der Waals surface area contributed by atoms with Gasteiger partial charge in [0.25, 0.3) is 0 Å². The number of nitrogens with two attached hydrogens (primary N) is 1. The van der Waals surface area contributed by atoms with E-state index in [9.17, 15) is 9.59 Å². The zero-order valence-corrected chi connectivity index (χ0v) is 13.6. The van der Waals surface area contributed by atoms with Crippen molar-refractivity contribution in [1.29, 1.82) is 0 Å². The fourth-order valence-corrected chi connectivity index (χ4v) is 2.51. The molecule has 1 saturated heterocycles. The molecule has 0 amide bonds. The Kier molecular flexibility index (Phi) is 6.16. The summed E-state index contributed by atoms with van der Waals surface area (Å²) >= 11 is 0. The zero-order chi connectivity index (χ0) is 16.1. The van der Waals surface area contributed by atoms with E-state index in [1.165, 1.54) is 0 Å². The summed E-state index contributed by atoms with van der Waals surface area (Å²) in [6.45, 7) is 9.38. The molecule has 2 N–H and O–H groups in total. The van der Waals surface area contributed by atoms with Gasteiger partial charge in [-0.05, 0) is 44.9 Å². The first-order valence-electron chi connectivity index (χ1n) is 7.59. The van der Waals surface area contributed by atoms with Crippen LogP contribution < -0.4 is 5.90 Å². The molecular weight excluding hydrogens is 272 g/mol. The van der Waals surface area contributed by atoms with E-state index in [1.54, 1.807) is 0 Å². The Hall–Kier alpha value is -1.14. The molecule has 0 aromatic carbocycles. The molecule has 21 heavy (non-hydrogen) atoms. The predicted octanol–water partition coefficient (Wildman–Crippen LogP) is 2.32. The van der Waals surface area contributed by atoms with Crippen LogP contribution >= 0.6 is 0 Å². The van der Waals surface area contributed by atoms with Crippen LogP contribution in [0.25, 0.3) is 0 Å². The van der Waals surface area contributed by atoms with E-state index in [-0.39, 0.29) is 23.3 Å². The highest BCUT2D eigenvalue weighted by Gasteiger charge is 2.46. The highest BCUT2D eigenvalue weighted by Crippen LogP contribution is 2.43. The second-order valence-electron chi connectivity index (χ2n) is 6.81. The van der Waals surface area contributed by atoms with Crippen molar-refractivity contribution in [3.63, 3.8) is 0 Å². The van der Waals surface area contributed by atoms with Crippen molar-refractivity contribution in [2.24, 2.45) is 11.3 Å². The summed E-state index contributed by atoms with van der Waals surface area (Å²) in [5, 5.41) is 1.81. The van der Waals surface area contributed by atoms with Crippen molar-refractivity contribution in [2.45, 2.75) is 71.8 Å². The van der Waals surface area contributed by atoms with Crippen molar-refractivity contribution < 1.29 is 19.3 Å². The number of hydroxylamine groups is 2. The molecule has 0 aromatic heterocycles. The number of nitrogens with zero attached hydrogens (tertiary/aromatic N) is 1. The minimum absolute atomic E-state index is 0.0937. The molecule has 0 spiro atoms. The topological polar surface area (TPSA) is 81.9 Å². The third kappa shape index (κ3) is 4.68. The van der Waals surface area contributed by atoms with Gasteiger partial charge in [-0.2, -0.15) is 5.90 Å². The van der Waals surface area contributed by atoms with E-state index in [4.69, 9.17) is 10.7 Å². The van der Waals surface area contributed by atoms with Crippen molar-refractivity contribution in [2.75, 3.05) is 6.54 Å². The number of carbonyl (C=O) groups excluding carboxylic acids is 2. The molecule has 1 heterocycles. The summed E-state index contributed by atoms with van der Waals surface area (Å²) in [7, 11) is 0. The van der Waals surface area contributed by atoms with Crippen molar-refractivity contribution in [3.05, 3.63) is 0 Å². The van der Waals surface area contributed by atoms with E-state index >= 15 is 0 Å². The van der Waals surface area contributed by atoms with Gasteiger partial charge in [-0.1, -0.05) is 13.8 Å². The van der Waals surface area contributed by atoms with Gasteiger partial charge in [0.05, 0.1) is 5.54 Å². The molecule has 0 unspecified atom stereocenters. The molecule has 122 valence electrons. The van der Waals surface area contributed by atoms with Gasteiger partial charge >= 0.3 is 11.9 Å². The first kappa shape index (κ1) is 17.9. The highest BCUT2D eigenvalue weighted by molar-refractivity contribution is 5.70. The van der Waals surface area contributed by atoms with Crippen molar-refractivity contribution in [1.82, 2.24) is 5.06 Å². The molecule has 0 saturated carbocycles. The van der Waals surface area contributed by atoms with Crippen LogP contribution in [0.5, 0.6) is 0 Å². The number of carbonyl (C=O) groups is 2. The zero-order valence-electron chi connectivity index (χ0n) is 13.6. The van der Waals surface area contributed by atoms with Gasteiger partial charge in [-0.25, -0.2) is 0 Å². The maximum atomic E-state index is 11.9. The van der Waals surface area contributed by atoms with Gasteiger partial charge in [0.2, 0.25) is 0 Å². The minimum atomic E-state index is -0.456. The van der Waals surface area contributed by atoms with Gasteiger partial charge < -0.3 is 9.68 Å². The van der Waals surface area contributed by atoms with Crippen LogP contribution in [-0.2, 0) is 19.3 Å². The maximum Gasteiger partial charge on any atom is 0.325 e. The lowest BCUT2D eigenvalue weighted by Gasteiger charge is -2.51. The number of piperidine rings is 1. The first-order chi connectivity index (χ1) is 9.70. The lowest BCUT2D eigenvalue weighted by Crippen LogP contribution is -2.57. The summed E-state index contributed by atoms with van der Waals surface area (Å²) in [6.07, 6.45) is 3.82. The molecule has 0 bridgehead atoms. The summed E-state index contributed by atoms with van der Waals surface area (Å²) in [5.41, 5.74) is -0.0965. The Bertz CT molecular complexity index is 380. The normalized spacial score (nSPS) is 20.8. The van der Waals surface area contributed by atoms with Crippen LogP contribution in [0.2, 0.25) is 0 Å². The van der Waals surface area contributed by atoms with Crippen LogP contribution in [-0.4, -0.2) is 29.1 Å². The average Bonchev–Trinajstić information content (AvgIpc) is 2.40. The summed E-state index contributed by atoms with van der Waals surface area (Å²) in [5.74, 6) is 4.04. The standard InChI is InChI=1S/C15H28N2O4/c1-14(2)10-7-11-17(15(14,3)4)21-13(19)9-6-5-8-12(18)20-16/h5-11,16H2,1-4H3. The van der Waals surface area contributed by atoms with Crippen LogP contribution in [0.1, 0.15) is 66.2 Å². The van der Waals surface area contributed by atoms with Gasteiger partial charge in [0.1, 0.15) is 0 Å². The Balaban J connectivity index is 2.38. The van der Waals surface area contributed by atoms with Gasteiger partial charge in [0, 0.05) is 19.4 Å². The Morgan fingerprint density at radius 3 is 2.24 bits per heavy atom. The molecule has 0 radical (unpaired) electrons. The van der Waals surface area contributed by atoms with Crippen LogP contribution in [0.4, 0.5) is 0 Å². The SMILES string of the molecule is CC1(C)CCCN(OC(=O)CCCCC(=O)ON)C1(C)C. The quantitative estimate of drug-likeness (QED) is 0.599. The third-order valence-corrected chi connectivity index (χ3v) is 4.80. The predicted molar refractivity (Wildman–Crippen MR) is 78.6 cm³/mol. The van der Waals surface area contributed by atoms with Gasteiger partial charge in [0.15, 0.2) is 0 Å². The molecule has 0 atom stereocenters. The summed E-state index contributed by atoms with van der Waals surface area (Å²) < 4.78 is 0. The van der Waals surface area contributed by atoms with Crippen LogP contribution in [0.15, 0.2) is 0 Å². The van der Waals surface area contributed by atoms with E-state index in [0.717, 1.165) is 19.4 Å². The second-order valence-corrected chi connectivity index (χ2v) is 6.81. The second kappa shape index (κ2) is 7.22. The third-order valence-electron chi connectivity index (χ3n) is 4.80. The molecule has 0 aromatic rings. The molecule has 1 fully saturated rings. The number of hydrogen-bond donors (Lipinski definition) is 1. The highest BCUT2D eigenvalue weighted by atomic mass is 16.7. The number of hydrogen-bond acceptors (Lipinski definition) is 6. The van der Waals surface area contributed by atoms with Gasteiger partial charge in [-0.15, -0.1) is 5.06 Å². The lowest BCUT2D eigenvalue weighted by molar-refractivity contribution is -0.247. The molecule has 0 aliphatic carbocycles. The first-order valence-corrected chi connectivity index (χ1v) is 7.59. The van der Waals surface area contributed by atoms with E-state index in [2.05, 4.69) is 32.5 Å². The lowest BCUT2D eigenvalue weighted by atomic mass is 9.69. The molecule has 6 nitrogen and oxygen atoms in total. The average molecular weight is 300 g/mol. The number of rotatable bonds is 6. The van der Waals surface area contributed by atoms with Crippen molar-refractivity contribution in [3.8, 4) is 0 Å².